The molecule has 0 saturated carbocycles. The van der Waals surface area contributed by atoms with Crippen LogP contribution in [-0.2, 0) is 11.4 Å². The number of nitrogens with zero attached hydrogens (tertiary/aromatic N) is 1. The van der Waals surface area contributed by atoms with E-state index >= 15 is 0 Å². The van der Waals surface area contributed by atoms with E-state index < -0.39 is 0 Å². The molecule has 0 spiro atoms. The SMILES string of the molecule is O=C(CNc1cccc(OCc2ccccc2)c1)N1CCCCC1. The van der Waals surface area contributed by atoms with Crippen molar-refractivity contribution in [1.82, 2.24) is 4.90 Å². The maximum Gasteiger partial charge on any atom is 0.241 e. The molecule has 0 aromatic heterocycles. The quantitative estimate of drug-likeness (QED) is 0.881. The van der Waals surface area contributed by atoms with Gasteiger partial charge in [0.2, 0.25) is 5.91 Å². The van der Waals surface area contributed by atoms with Gasteiger partial charge in [0.25, 0.3) is 0 Å². The molecule has 1 aliphatic heterocycles. The van der Waals surface area contributed by atoms with E-state index in [1.165, 1.54) is 6.42 Å². The third-order valence-corrected chi connectivity index (χ3v) is 4.23. The number of anilines is 1. The molecule has 0 aliphatic carbocycles. The number of piperidine rings is 1. The van der Waals surface area contributed by atoms with Crippen molar-refractivity contribution in [2.75, 3.05) is 25.0 Å². The van der Waals surface area contributed by atoms with Gasteiger partial charge in [-0.25, -0.2) is 0 Å². The molecular formula is C20H24N2O2. The Bertz CT molecular complexity index is 652. The normalized spacial score (nSPS) is 14.2. The molecule has 0 atom stereocenters. The zero-order valence-electron chi connectivity index (χ0n) is 13.9. The van der Waals surface area contributed by atoms with Crippen LogP contribution in [0.2, 0.25) is 0 Å². The largest absolute Gasteiger partial charge is 0.489 e. The molecule has 4 nitrogen and oxygen atoms in total. The van der Waals surface area contributed by atoms with E-state index in [2.05, 4.69) is 5.32 Å². The number of amides is 1. The molecule has 0 unspecified atom stereocenters. The van der Waals surface area contributed by atoms with E-state index in [9.17, 15) is 4.79 Å². The summed E-state index contributed by atoms with van der Waals surface area (Å²) in [4.78, 5) is 14.1. The minimum Gasteiger partial charge on any atom is -0.489 e. The molecule has 0 radical (unpaired) electrons. The van der Waals surface area contributed by atoms with Crippen LogP contribution < -0.4 is 10.1 Å². The molecule has 3 rings (SSSR count). The highest BCUT2D eigenvalue weighted by molar-refractivity contribution is 5.81. The van der Waals surface area contributed by atoms with Crippen molar-refractivity contribution in [2.45, 2.75) is 25.9 Å². The lowest BCUT2D eigenvalue weighted by Crippen LogP contribution is -2.39. The average molecular weight is 324 g/mol. The Balaban J connectivity index is 1.50. The number of carbonyl (C=O) groups is 1. The Morgan fingerprint density at radius 2 is 1.79 bits per heavy atom. The predicted octanol–water partition coefficient (Wildman–Crippen LogP) is 3.69. The van der Waals surface area contributed by atoms with Crippen LogP contribution in [0.5, 0.6) is 5.75 Å². The van der Waals surface area contributed by atoms with Crippen molar-refractivity contribution in [3.05, 3.63) is 60.2 Å². The maximum atomic E-state index is 12.2. The Hall–Kier alpha value is -2.49. The van der Waals surface area contributed by atoms with Crippen molar-refractivity contribution in [3.8, 4) is 5.75 Å². The lowest BCUT2D eigenvalue weighted by molar-refractivity contribution is -0.130. The summed E-state index contributed by atoms with van der Waals surface area (Å²) in [6, 6.07) is 17.8. The molecular weight excluding hydrogens is 300 g/mol. The van der Waals surface area contributed by atoms with Crippen LogP contribution in [-0.4, -0.2) is 30.4 Å². The molecule has 1 aliphatic rings. The Morgan fingerprint density at radius 1 is 1.00 bits per heavy atom. The first-order valence-electron chi connectivity index (χ1n) is 8.60. The van der Waals surface area contributed by atoms with Crippen LogP contribution >= 0.6 is 0 Å². The average Bonchev–Trinajstić information content (AvgIpc) is 2.66. The van der Waals surface area contributed by atoms with E-state index in [1.807, 2.05) is 59.5 Å². The minimum absolute atomic E-state index is 0.172. The zero-order chi connectivity index (χ0) is 16.6. The second-order valence-electron chi connectivity index (χ2n) is 6.10. The second-order valence-corrected chi connectivity index (χ2v) is 6.10. The Kier molecular flexibility index (Phi) is 5.72. The van der Waals surface area contributed by atoms with Crippen LogP contribution in [0.15, 0.2) is 54.6 Å². The van der Waals surface area contributed by atoms with Gasteiger partial charge in [-0.2, -0.15) is 0 Å². The number of likely N-dealkylation sites (tertiary alicyclic amines) is 1. The standard InChI is InChI=1S/C20H24N2O2/c23-20(22-12-5-2-6-13-22)15-21-18-10-7-11-19(14-18)24-16-17-8-3-1-4-9-17/h1,3-4,7-11,14,21H,2,5-6,12-13,15-16H2. The fourth-order valence-corrected chi connectivity index (χ4v) is 2.87. The predicted molar refractivity (Wildman–Crippen MR) is 96.1 cm³/mol. The summed E-state index contributed by atoms with van der Waals surface area (Å²) >= 11 is 0. The molecule has 1 saturated heterocycles. The molecule has 0 bridgehead atoms. The lowest BCUT2D eigenvalue weighted by atomic mass is 10.1. The lowest BCUT2D eigenvalue weighted by Gasteiger charge is -2.26. The van der Waals surface area contributed by atoms with Gasteiger partial charge in [0.15, 0.2) is 0 Å². The van der Waals surface area contributed by atoms with E-state index in [4.69, 9.17) is 4.74 Å². The summed E-state index contributed by atoms with van der Waals surface area (Å²) in [5.41, 5.74) is 2.04. The Labute approximate surface area is 143 Å². The van der Waals surface area contributed by atoms with Crippen molar-refractivity contribution in [2.24, 2.45) is 0 Å². The first-order chi connectivity index (χ1) is 11.8. The highest BCUT2D eigenvalue weighted by atomic mass is 16.5. The van der Waals surface area contributed by atoms with Gasteiger partial charge in [0.05, 0.1) is 6.54 Å². The summed E-state index contributed by atoms with van der Waals surface area (Å²) in [5, 5.41) is 3.21. The fourth-order valence-electron chi connectivity index (χ4n) is 2.87. The second kappa shape index (κ2) is 8.39. The highest BCUT2D eigenvalue weighted by Gasteiger charge is 2.15. The summed E-state index contributed by atoms with van der Waals surface area (Å²) in [5.74, 6) is 0.972. The molecule has 2 aromatic rings. The topological polar surface area (TPSA) is 41.6 Å². The summed E-state index contributed by atoms with van der Waals surface area (Å²) < 4.78 is 5.82. The number of ether oxygens (including phenoxy) is 1. The van der Waals surface area contributed by atoms with E-state index in [0.717, 1.165) is 42.9 Å². The third-order valence-electron chi connectivity index (χ3n) is 4.23. The Morgan fingerprint density at radius 3 is 2.58 bits per heavy atom. The molecule has 1 N–H and O–H groups in total. The van der Waals surface area contributed by atoms with Crippen molar-refractivity contribution >= 4 is 11.6 Å². The van der Waals surface area contributed by atoms with Crippen LogP contribution in [0, 0.1) is 0 Å². The smallest absolute Gasteiger partial charge is 0.241 e. The number of carbonyl (C=O) groups excluding carboxylic acids is 1. The van der Waals surface area contributed by atoms with Crippen molar-refractivity contribution in [3.63, 3.8) is 0 Å². The highest BCUT2D eigenvalue weighted by Crippen LogP contribution is 2.19. The number of hydrogen-bond donors (Lipinski definition) is 1. The zero-order valence-corrected chi connectivity index (χ0v) is 13.9. The summed E-state index contributed by atoms with van der Waals surface area (Å²) in [6.07, 6.45) is 3.47. The summed E-state index contributed by atoms with van der Waals surface area (Å²) in [7, 11) is 0. The molecule has 1 heterocycles. The number of hydrogen-bond acceptors (Lipinski definition) is 3. The van der Waals surface area contributed by atoms with Crippen LogP contribution in [0.25, 0.3) is 0 Å². The minimum atomic E-state index is 0.172. The number of nitrogens with one attached hydrogen (secondary N) is 1. The van der Waals surface area contributed by atoms with Crippen LogP contribution in [0.3, 0.4) is 0 Å². The molecule has 1 fully saturated rings. The van der Waals surface area contributed by atoms with Crippen molar-refractivity contribution in [1.29, 1.82) is 0 Å². The first-order valence-corrected chi connectivity index (χ1v) is 8.60. The first kappa shape index (κ1) is 16.4. The van der Waals surface area contributed by atoms with E-state index in [-0.39, 0.29) is 5.91 Å². The molecule has 4 heteroatoms. The monoisotopic (exact) mass is 324 g/mol. The molecule has 1 amide bonds. The van der Waals surface area contributed by atoms with Gasteiger partial charge in [-0.05, 0) is 37.0 Å². The van der Waals surface area contributed by atoms with E-state index in [0.29, 0.717) is 13.2 Å². The van der Waals surface area contributed by atoms with Gasteiger partial charge in [0.1, 0.15) is 12.4 Å². The maximum absolute atomic E-state index is 12.2. The number of benzene rings is 2. The van der Waals surface area contributed by atoms with Crippen LogP contribution in [0.4, 0.5) is 5.69 Å². The van der Waals surface area contributed by atoms with E-state index in [1.54, 1.807) is 0 Å². The van der Waals surface area contributed by atoms with Gasteiger partial charge < -0.3 is 15.0 Å². The van der Waals surface area contributed by atoms with Gasteiger partial charge in [0, 0.05) is 24.8 Å². The fraction of sp³-hybridized carbons (Fsp3) is 0.350. The molecule has 2 aromatic carbocycles. The van der Waals surface area contributed by atoms with Gasteiger partial charge in [-0.3, -0.25) is 4.79 Å². The van der Waals surface area contributed by atoms with Crippen LogP contribution in [0.1, 0.15) is 24.8 Å². The van der Waals surface area contributed by atoms with Gasteiger partial charge in [-0.15, -0.1) is 0 Å². The molecule has 126 valence electrons. The van der Waals surface area contributed by atoms with Gasteiger partial charge in [-0.1, -0.05) is 36.4 Å². The summed E-state index contributed by atoms with van der Waals surface area (Å²) in [6.45, 7) is 2.65. The van der Waals surface area contributed by atoms with Gasteiger partial charge >= 0.3 is 0 Å². The van der Waals surface area contributed by atoms with Crippen molar-refractivity contribution < 1.29 is 9.53 Å². The number of rotatable bonds is 6. The third kappa shape index (κ3) is 4.75. The molecule has 24 heavy (non-hydrogen) atoms.